The molecule has 0 radical (unpaired) electrons. The molecule has 0 aliphatic rings. The summed E-state index contributed by atoms with van der Waals surface area (Å²) in [5.41, 5.74) is 1.93. The van der Waals surface area contributed by atoms with Crippen molar-refractivity contribution in [2.24, 2.45) is 0 Å². The summed E-state index contributed by atoms with van der Waals surface area (Å²) < 4.78 is 1.65. The number of nitrogens with one attached hydrogen (secondary N) is 1. The molecule has 0 bridgehead atoms. The lowest BCUT2D eigenvalue weighted by atomic mass is 10.2. The molecule has 0 unspecified atom stereocenters. The van der Waals surface area contributed by atoms with Crippen LogP contribution in [0.5, 0.6) is 0 Å². The molecule has 3 aromatic rings. The molecule has 0 fully saturated rings. The van der Waals surface area contributed by atoms with E-state index in [2.05, 4.69) is 15.2 Å². The molecule has 0 amide bonds. The van der Waals surface area contributed by atoms with E-state index in [1.807, 2.05) is 30.5 Å². The van der Waals surface area contributed by atoms with Gasteiger partial charge < -0.3 is 4.98 Å². The average molecular weight is 212 g/mol. The van der Waals surface area contributed by atoms with Crippen molar-refractivity contribution in [3.8, 4) is 5.69 Å². The van der Waals surface area contributed by atoms with Gasteiger partial charge in [-0.05, 0) is 24.3 Å². The molecule has 0 aliphatic carbocycles. The van der Waals surface area contributed by atoms with Gasteiger partial charge in [-0.1, -0.05) is 0 Å². The first-order chi connectivity index (χ1) is 7.88. The number of fused-ring (bicyclic) bond motifs is 1. The predicted molar refractivity (Wildman–Crippen MR) is 58.6 cm³/mol. The van der Waals surface area contributed by atoms with Gasteiger partial charge in [-0.25, -0.2) is 0 Å². The molecule has 0 saturated carbocycles. The van der Waals surface area contributed by atoms with E-state index >= 15 is 0 Å². The second-order valence-corrected chi connectivity index (χ2v) is 3.43. The van der Waals surface area contributed by atoms with Gasteiger partial charge in [0, 0.05) is 22.8 Å². The molecule has 5 nitrogen and oxygen atoms in total. The molecule has 0 atom stereocenters. The second-order valence-electron chi connectivity index (χ2n) is 3.43. The van der Waals surface area contributed by atoms with Crippen LogP contribution in [0.2, 0.25) is 0 Å². The third-order valence-corrected chi connectivity index (χ3v) is 2.49. The van der Waals surface area contributed by atoms with Gasteiger partial charge in [0.1, 0.15) is 6.33 Å². The Morgan fingerprint density at radius 1 is 1.31 bits per heavy atom. The maximum absolute atomic E-state index is 10.7. The van der Waals surface area contributed by atoms with Gasteiger partial charge >= 0.3 is 0 Å². The smallest absolute Gasteiger partial charge is 0.201 e. The Bertz CT molecular complexity index is 653. The van der Waals surface area contributed by atoms with Gasteiger partial charge in [-0.3, -0.25) is 9.36 Å². The van der Waals surface area contributed by atoms with Crippen LogP contribution in [-0.4, -0.2) is 26.0 Å². The van der Waals surface area contributed by atoms with Gasteiger partial charge in [-0.2, -0.15) is 0 Å². The van der Waals surface area contributed by atoms with Crippen molar-refractivity contribution in [2.45, 2.75) is 0 Å². The number of hydrogen-bond donors (Lipinski definition) is 1. The van der Waals surface area contributed by atoms with Gasteiger partial charge in [0.2, 0.25) is 5.82 Å². The Morgan fingerprint density at radius 3 is 3.12 bits per heavy atom. The molecule has 5 heteroatoms. The van der Waals surface area contributed by atoms with Crippen molar-refractivity contribution in [1.82, 2.24) is 19.7 Å². The zero-order valence-corrected chi connectivity index (χ0v) is 8.29. The second kappa shape index (κ2) is 3.30. The molecule has 1 N–H and O–H groups in total. The summed E-state index contributed by atoms with van der Waals surface area (Å²) in [4.78, 5) is 13.9. The van der Waals surface area contributed by atoms with Crippen molar-refractivity contribution in [2.75, 3.05) is 0 Å². The Labute approximate surface area is 90.7 Å². The van der Waals surface area contributed by atoms with Crippen molar-refractivity contribution in [1.29, 1.82) is 0 Å². The number of benzene rings is 1. The van der Waals surface area contributed by atoms with Crippen molar-refractivity contribution < 1.29 is 4.79 Å². The number of aromatic amines is 1. The Kier molecular flexibility index (Phi) is 1.83. The third-order valence-electron chi connectivity index (χ3n) is 2.49. The molecule has 0 saturated heterocycles. The molecule has 2 aromatic heterocycles. The maximum Gasteiger partial charge on any atom is 0.201 e. The molecule has 0 spiro atoms. The van der Waals surface area contributed by atoms with E-state index < -0.39 is 0 Å². The lowest BCUT2D eigenvalue weighted by molar-refractivity contribution is 0.111. The van der Waals surface area contributed by atoms with E-state index in [1.54, 1.807) is 4.57 Å². The van der Waals surface area contributed by atoms with Crippen molar-refractivity contribution in [3.05, 3.63) is 42.6 Å². The standard InChI is InChI=1S/C11H8N4O/c16-6-11-14-13-7-15(11)9-1-2-10-8(5-9)3-4-12-10/h1-7,12H. The third kappa shape index (κ3) is 1.22. The highest BCUT2D eigenvalue weighted by atomic mass is 16.1. The fourth-order valence-electron chi connectivity index (χ4n) is 1.71. The van der Waals surface area contributed by atoms with Crippen LogP contribution < -0.4 is 0 Å². The van der Waals surface area contributed by atoms with Crippen LogP contribution in [0.4, 0.5) is 0 Å². The highest BCUT2D eigenvalue weighted by Crippen LogP contribution is 2.17. The summed E-state index contributed by atoms with van der Waals surface area (Å²) in [6, 6.07) is 7.82. The molecule has 1 aromatic carbocycles. The van der Waals surface area contributed by atoms with E-state index in [0.717, 1.165) is 16.6 Å². The lowest BCUT2D eigenvalue weighted by Gasteiger charge is -2.02. The molecule has 3 rings (SSSR count). The zero-order valence-electron chi connectivity index (χ0n) is 8.29. The number of rotatable bonds is 2. The molecule has 16 heavy (non-hydrogen) atoms. The van der Waals surface area contributed by atoms with Crippen LogP contribution in [0.25, 0.3) is 16.6 Å². The van der Waals surface area contributed by atoms with Crippen LogP contribution in [0.3, 0.4) is 0 Å². The summed E-state index contributed by atoms with van der Waals surface area (Å²) in [5.74, 6) is 0.301. The Balaban J connectivity index is 2.21. The summed E-state index contributed by atoms with van der Waals surface area (Å²) in [7, 11) is 0. The van der Waals surface area contributed by atoms with Crippen LogP contribution in [0, 0.1) is 0 Å². The number of nitrogens with zero attached hydrogens (tertiary/aromatic N) is 3. The minimum atomic E-state index is 0.301. The summed E-state index contributed by atoms with van der Waals surface area (Å²) in [5, 5.41) is 8.51. The predicted octanol–water partition coefficient (Wildman–Crippen LogP) is 1.56. The number of carbonyl (C=O) groups is 1. The van der Waals surface area contributed by atoms with Gasteiger partial charge in [0.05, 0.1) is 0 Å². The SMILES string of the molecule is O=Cc1nncn1-c1ccc2[nH]ccc2c1. The minimum Gasteiger partial charge on any atom is -0.361 e. The zero-order chi connectivity index (χ0) is 11.0. The van der Waals surface area contributed by atoms with Crippen LogP contribution in [0.1, 0.15) is 10.6 Å². The molecule has 2 heterocycles. The molecule has 78 valence electrons. The normalized spacial score (nSPS) is 10.8. The van der Waals surface area contributed by atoms with Crippen LogP contribution in [0.15, 0.2) is 36.8 Å². The number of H-pyrrole nitrogens is 1. The van der Waals surface area contributed by atoms with Crippen molar-refractivity contribution >= 4 is 17.2 Å². The first-order valence-corrected chi connectivity index (χ1v) is 4.81. The van der Waals surface area contributed by atoms with Gasteiger partial charge in [0.25, 0.3) is 0 Å². The number of aromatic nitrogens is 4. The largest absolute Gasteiger partial charge is 0.361 e. The summed E-state index contributed by atoms with van der Waals surface area (Å²) in [6.07, 6.45) is 4.09. The summed E-state index contributed by atoms with van der Waals surface area (Å²) in [6.45, 7) is 0. The van der Waals surface area contributed by atoms with Crippen LogP contribution in [-0.2, 0) is 0 Å². The fraction of sp³-hybridized carbons (Fsp3) is 0. The molecule has 0 aliphatic heterocycles. The quantitative estimate of drug-likeness (QED) is 0.655. The monoisotopic (exact) mass is 212 g/mol. The minimum absolute atomic E-state index is 0.301. The number of hydrogen-bond acceptors (Lipinski definition) is 3. The van der Waals surface area contributed by atoms with E-state index in [0.29, 0.717) is 12.1 Å². The number of aldehydes is 1. The highest BCUT2D eigenvalue weighted by molar-refractivity contribution is 5.82. The first kappa shape index (κ1) is 8.84. The first-order valence-electron chi connectivity index (χ1n) is 4.81. The Hall–Kier alpha value is -2.43. The molecular formula is C11H8N4O. The van der Waals surface area contributed by atoms with E-state index in [9.17, 15) is 4.79 Å². The van der Waals surface area contributed by atoms with Crippen LogP contribution >= 0.6 is 0 Å². The summed E-state index contributed by atoms with van der Waals surface area (Å²) >= 11 is 0. The van der Waals surface area contributed by atoms with Gasteiger partial charge in [0.15, 0.2) is 6.29 Å². The van der Waals surface area contributed by atoms with E-state index in [1.165, 1.54) is 6.33 Å². The molecular weight excluding hydrogens is 204 g/mol. The lowest BCUT2D eigenvalue weighted by Crippen LogP contribution is -1.98. The average Bonchev–Trinajstić information content (AvgIpc) is 2.96. The Morgan fingerprint density at radius 2 is 2.25 bits per heavy atom. The van der Waals surface area contributed by atoms with E-state index in [4.69, 9.17) is 0 Å². The maximum atomic E-state index is 10.7. The topological polar surface area (TPSA) is 63.6 Å². The van der Waals surface area contributed by atoms with Crippen molar-refractivity contribution in [3.63, 3.8) is 0 Å². The number of carbonyl (C=O) groups excluding carboxylic acids is 1. The van der Waals surface area contributed by atoms with E-state index in [-0.39, 0.29) is 0 Å². The van der Waals surface area contributed by atoms with Gasteiger partial charge in [-0.15, -0.1) is 10.2 Å². The fourth-order valence-corrected chi connectivity index (χ4v) is 1.71. The highest BCUT2D eigenvalue weighted by Gasteiger charge is 2.05.